The van der Waals surface area contributed by atoms with Crippen LogP contribution in [0.1, 0.15) is 95.9 Å². The summed E-state index contributed by atoms with van der Waals surface area (Å²) in [5, 5.41) is 4.19. The van der Waals surface area contributed by atoms with Gasteiger partial charge in [-0.25, -0.2) is 4.98 Å². The summed E-state index contributed by atoms with van der Waals surface area (Å²) in [5.74, 6) is 1.68. The van der Waals surface area contributed by atoms with Gasteiger partial charge in [-0.15, -0.1) is 0 Å². The number of nitrogens with zero attached hydrogens (tertiary/aromatic N) is 1. The molecule has 2 N–H and O–H groups in total. The van der Waals surface area contributed by atoms with Crippen molar-refractivity contribution in [2.45, 2.75) is 90.0 Å². The highest BCUT2D eigenvalue weighted by Crippen LogP contribution is 2.61. The predicted molar refractivity (Wildman–Crippen MR) is 143 cm³/mol. The van der Waals surface area contributed by atoms with Gasteiger partial charge in [0.15, 0.2) is 5.76 Å². The predicted octanol–water partition coefficient (Wildman–Crippen LogP) is 6.24. The van der Waals surface area contributed by atoms with Gasteiger partial charge in [0.2, 0.25) is 17.4 Å². The Kier molecular flexibility index (Phi) is 7.58. The first-order valence-electron chi connectivity index (χ1n) is 13.9. The van der Waals surface area contributed by atoms with Crippen LogP contribution in [-0.4, -0.2) is 21.7 Å². The van der Waals surface area contributed by atoms with Gasteiger partial charge in [-0.1, -0.05) is 39.0 Å². The number of oxazole rings is 1. The first-order valence-corrected chi connectivity index (χ1v) is 13.9. The number of Topliss-reactive ketones (excluding diaryl/α,β-unsaturated/α-hetero) is 1. The van der Waals surface area contributed by atoms with Gasteiger partial charge in [-0.2, -0.15) is 0 Å². The van der Waals surface area contributed by atoms with Crippen molar-refractivity contribution in [1.82, 2.24) is 15.3 Å². The number of carbonyl (C=O) groups is 2. The van der Waals surface area contributed by atoms with Crippen LogP contribution in [0.5, 0.6) is 0 Å². The van der Waals surface area contributed by atoms with Crippen LogP contribution in [0.15, 0.2) is 45.7 Å². The molecule has 2 fully saturated rings. The molecule has 0 radical (unpaired) electrons. The summed E-state index contributed by atoms with van der Waals surface area (Å²) in [7, 11) is 0. The highest BCUT2D eigenvalue weighted by Gasteiger charge is 2.57. The molecule has 2 atom stereocenters. The minimum Gasteiger partial charge on any atom is -0.438 e. The third kappa shape index (κ3) is 5.86. The second-order valence-corrected chi connectivity index (χ2v) is 10.9. The molecule has 1 spiro atoms. The van der Waals surface area contributed by atoms with Crippen molar-refractivity contribution >= 4 is 22.6 Å². The topological polar surface area (TPSA) is 105 Å². The van der Waals surface area contributed by atoms with Crippen molar-refractivity contribution < 1.29 is 14.0 Å². The number of fused-ring (bicyclic) bond motifs is 1. The summed E-state index contributed by atoms with van der Waals surface area (Å²) in [6.07, 6.45) is 13.4. The zero-order chi connectivity index (χ0) is 25.8. The molecule has 2 heterocycles. The molecule has 0 unspecified atom stereocenters. The lowest BCUT2D eigenvalue weighted by molar-refractivity contribution is -0.124. The Hall–Kier alpha value is -3.22. The molecule has 1 amide bonds. The van der Waals surface area contributed by atoms with Crippen LogP contribution in [0.3, 0.4) is 0 Å². The average molecular weight is 504 g/mol. The van der Waals surface area contributed by atoms with E-state index in [0.29, 0.717) is 30.3 Å². The molecule has 3 aromatic rings. The van der Waals surface area contributed by atoms with E-state index in [-0.39, 0.29) is 28.8 Å². The van der Waals surface area contributed by atoms with Crippen molar-refractivity contribution in [3.05, 3.63) is 52.8 Å². The summed E-state index contributed by atoms with van der Waals surface area (Å²) in [4.78, 5) is 43.9. The number of hydrogen-bond donors (Lipinski definition) is 2. The zero-order valence-corrected chi connectivity index (χ0v) is 21.7. The summed E-state index contributed by atoms with van der Waals surface area (Å²) in [5.41, 5.74) is 1.72. The summed E-state index contributed by atoms with van der Waals surface area (Å²) in [6, 6.07) is 8.73. The Morgan fingerprint density at radius 3 is 2.78 bits per heavy atom. The number of ketones is 1. The SMILES string of the molecule is CCC(=O)CCCCC[C@H](NC(=O)[C@H]1CC12CCCCC2)c1ncc(-c2ccc3[nH]c(=O)ccc3c2)o1. The number of pyridine rings is 1. The minimum atomic E-state index is -0.291. The number of hydrogen-bond acceptors (Lipinski definition) is 5. The van der Waals surface area contributed by atoms with E-state index in [2.05, 4.69) is 15.3 Å². The lowest BCUT2D eigenvalue weighted by Gasteiger charge is -2.23. The van der Waals surface area contributed by atoms with Crippen LogP contribution in [0.25, 0.3) is 22.2 Å². The zero-order valence-electron chi connectivity index (χ0n) is 21.7. The fourth-order valence-electron chi connectivity index (χ4n) is 5.97. The van der Waals surface area contributed by atoms with E-state index in [1.54, 1.807) is 12.3 Å². The molecule has 2 aliphatic carbocycles. The standard InChI is InChI=1S/C30H37N3O4/c1-2-22(34)9-5-3-6-10-25(33-28(36)23-18-30(23)15-7-4-8-16-30)29-31-19-26(37-29)21-11-13-24-20(17-21)12-14-27(35)32-24/h11-14,17,19,23,25H,2-10,15-16,18H2,1H3,(H,32,35)(H,33,36)/t23-,25+/m1/s1. The van der Waals surface area contributed by atoms with E-state index in [9.17, 15) is 14.4 Å². The lowest BCUT2D eigenvalue weighted by Crippen LogP contribution is -2.32. The Labute approximate surface area is 217 Å². The van der Waals surface area contributed by atoms with E-state index in [1.807, 2.05) is 25.1 Å². The number of aromatic nitrogens is 2. The van der Waals surface area contributed by atoms with E-state index in [1.165, 1.54) is 25.3 Å². The van der Waals surface area contributed by atoms with E-state index in [4.69, 9.17) is 4.42 Å². The van der Waals surface area contributed by atoms with Crippen molar-refractivity contribution in [3.8, 4) is 11.3 Å². The van der Waals surface area contributed by atoms with Gasteiger partial charge in [0.25, 0.3) is 0 Å². The number of aromatic amines is 1. The largest absolute Gasteiger partial charge is 0.438 e. The maximum absolute atomic E-state index is 13.3. The summed E-state index contributed by atoms with van der Waals surface area (Å²) in [6.45, 7) is 1.90. The minimum absolute atomic E-state index is 0.106. The molecule has 196 valence electrons. The molecule has 2 aliphatic rings. The fourth-order valence-corrected chi connectivity index (χ4v) is 5.97. The summed E-state index contributed by atoms with van der Waals surface area (Å²) >= 11 is 0. The Morgan fingerprint density at radius 1 is 1.14 bits per heavy atom. The Balaban J connectivity index is 1.29. The van der Waals surface area contributed by atoms with E-state index >= 15 is 0 Å². The molecule has 2 aromatic heterocycles. The van der Waals surface area contributed by atoms with Crippen LogP contribution in [0.2, 0.25) is 0 Å². The van der Waals surface area contributed by atoms with Gasteiger partial charge in [-0.05, 0) is 67.2 Å². The van der Waals surface area contributed by atoms with E-state index in [0.717, 1.165) is 61.4 Å². The van der Waals surface area contributed by atoms with Gasteiger partial charge >= 0.3 is 0 Å². The van der Waals surface area contributed by atoms with Gasteiger partial charge in [0.1, 0.15) is 11.8 Å². The number of nitrogens with one attached hydrogen (secondary N) is 2. The van der Waals surface area contributed by atoms with Crippen LogP contribution in [0, 0.1) is 11.3 Å². The monoisotopic (exact) mass is 503 g/mol. The number of benzene rings is 1. The van der Waals surface area contributed by atoms with Crippen LogP contribution in [-0.2, 0) is 9.59 Å². The molecule has 7 nitrogen and oxygen atoms in total. The third-order valence-electron chi connectivity index (χ3n) is 8.34. The molecular formula is C30H37N3O4. The lowest BCUT2D eigenvalue weighted by atomic mass is 9.84. The number of amides is 1. The Morgan fingerprint density at radius 2 is 1.97 bits per heavy atom. The van der Waals surface area contributed by atoms with Crippen molar-refractivity contribution in [2.24, 2.45) is 11.3 Å². The maximum atomic E-state index is 13.3. The number of carbonyl (C=O) groups excluding carboxylic acids is 2. The fraction of sp³-hybridized carbons (Fsp3) is 0.533. The molecule has 7 heteroatoms. The van der Waals surface area contributed by atoms with Crippen molar-refractivity contribution in [3.63, 3.8) is 0 Å². The molecule has 0 bridgehead atoms. The number of unbranched alkanes of at least 4 members (excludes halogenated alkanes) is 2. The number of H-pyrrole nitrogens is 1. The van der Waals surface area contributed by atoms with Crippen LogP contribution >= 0.6 is 0 Å². The molecule has 0 aliphatic heterocycles. The summed E-state index contributed by atoms with van der Waals surface area (Å²) < 4.78 is 6.20. The maximum Gasteiger partial charge on any atom is 0.248 e. The van der Waals surface area contributed by atoms with Gasteiger partial charge in [-0.3, -0.25) is 14.4 Å². The molecule has 37 heavy (non-hydrogen) atoms. The second kappa shape index (κ2) is 11.0. The van der Waals surface area contributed by atoms with E-state index < -0.39 is 0 Å². The van der Waals surface area contributed by atoms with Crippen LogP contribution < -0.4 is 10.9 Å². The number of rotatable bonds is 11. The molecule has 5 rings (SSSR count). The Bertz CT molecular complexity index is 1320. The molecule has 1 aromatic carbocycles. The smallest absolute Gasteiger partial charge is 0.248 e. The highest BCUT2D eigenvalue weighted by atomic mass is 16.4. The molecule has 0 saturated heterocycles. The first kappa shape index (κ1) is 25.4. The average Bonchev–Trinajstić information content (AvgIpc) is 3.37. The van der Waals surface area contributed by atoms with Gasteiger partial charge in [0, 0.05) is 35.9 Å². The van der Waals surface area contributed by atoms with Crippen LogP contribution in [0.4, 0.5) is 0 Å². The molecule has 2 saturated carbocycles. The highest BCUT2D eigenvalue weighted by molar-refractivity contribution is 5.84. The van der Waals surface area contributed by atoms with Crippen molar-refractivity contribution in [1.29, 1.82) is 0 Å². The first-order chi connectivity index (χ1) is 18.0. The molecular weight excluding hydrogens is 466 g/mol. The van der Waals surface area contributed by atoms with Gasteiger partial charge in [0.05, 0.1) is 6.20 Å². The second-order valence-electron chi connectivity index (χ2n) is 10.9. The van der Waals surface area contributed by atoms with Gasteiger partial charge < -0.3 is 14.7 Å². The third-order valence-corrected chi connectivity index (χ3v) is 8.34. The quantitative estimate of drug-likeness (QED) is 0.301. The van der Waals surface area contributed by atoms with Crippen molar-refractivity contribution in [2.75, 3.05) is 0 Å². The normalized spacial score (nSPS) is 19.1.